The maximum atomic E-state index is 4.52. The van der Waals surface area contributed by atoms with Crippen molar-refractivity contribution in [3.8, 4) is 11.4 Å². The molecule has 0 aliphatic carbocycles. The Bertz CT molecular complexity index is 1050. The number of hydrogen-bond acceptors (Lipinski definition) is 3. The van der Waals surface area contributed by atoms with E-state index in [1.807, 2.05) is 33.9 Å². The van der Waals surface area contributed by atoms with Crippen molar-refractivity contribution in [1.82, 2.24) is 24.5 Å². The molecule has 3 aromatic heterocycles. The molecule has 0 saturated carbocycles. The Hall–Kier alpha value is -3.21. The first-order chi connectivity index (χ1) is 13.6. The molecule has 4 rings (SSSR count). The summed E-state index contributed by atoms with van der Waals surface area (Å²) >= 11 is 0. The summed E-state index contributed by atoms with van der Waals surface area (Å²) < 4.78 is 3.87. The Morgan fingerprint density at radius 3 is 2.21 bits per heavy atom. The fraction of sp³-hybridized carbons (Fsp3) is 0.261. The van der Waals surface area contributed by atoms with Gasteiger partial charge in [-0.25, -0.2) is 9.36 Å². The average molecular weight is 371 g/mol. The van der Waals surface area contributed by atoms with E-state index < -0.39 is 0 Å². The largest absolute Gasteiger partial charge is 0.265 e. The third kappa shape index (κ3) is 3.88. The molecule has 28 heavy (non-hydrogen) atoms. The maximum absolute atomic E-state index is 4.52. The molecular formula is C23H25N5. The summed E-state index contributed by atoms with van der Waals surface area (Å²) in [6, 6.07) is 12.5. The van der Waals surface area contributed by atoms with Crippen molar-refractivity contribution >= 4 is 0 Å². The van der Waals surface area contributed by atoms with Crippen LogP contribution in [0.3, 0.4) is 0 Å². The first kappa shape index (κ1) is 18.2. The van der Waals surface area contributed by atoms with Gasteiger partial charge in [0, 0.05) is 24.8 Å². The van der Waals surface area contributed by atoms with Crippen LogP contribution in [0.25, 0.3) is 11.4 Å². The lowest BCUT2D eigenvalue weighted by Crippen LogP contribution is -2.00. The monoisotopic (exact) mass is 371 g/mol. The van der Waals surface area contributed by atoms with E-state index in [1.165, 1.54) is 16.7 Å². The number of nitrogens with zero attached hydrogens (tertiary/aromatic N) is 5. The van der Waals surface area contributed by atoms with Crippen LogP contribution in [0.2, 0.25) is 0 Å². The smallest absolute Gasteiger partial charge is 0.0676 e. The minimum Gasteiger partial charge on any atom is -0.265 e. The molecule has 5 heteroatoms. The minimum absolute atomic E-state index is 0.370. The van der Waals surface area contributed by atoms with Gasteiger partial charge in [-0.05, 0) is 59.2 Å². The first-order valence-corrected chi connectivity index (χ1v) is 9.69. The van der Waals surface area contributed by atoms with Crippen LogP contribution >= 0.6 is 0 Å². The van der Waals surface area contributed by atoms with Crippen molar-refractivity contribution in [3.63, 3.8) is 0 Å². The number of pyridine rings is 1. The van der Waals surface area contributed by atoms with Crippen LogP contribution in [-0.2, 0) is 6.42 Å². The molecule has 0 radical (unpaired) electrons. The Balaban J connectivity index is 1.50. The second-order valence-electron chi connectivity index (χ2n) is 7.57. The zero-order valence-electron chi connectivity index (χ0n) is 16.5. The third-order valence-corrected chi connectivity index (χ3v) is 5.09. The summed E-state index contributed by atoms with van der Waals surface area (Å²) in [5.41, 5.74) is 5.90. The highest BCUT2D eigenvalue weighted by atomic mass is 15.3. The van der Waals surface area contributed by atoms with Gasteiger partial charge in [0.05, 0.1) is 23.8 Å². The Morgan fingerprint density at radius 2 is 1.50 bits per heavy atom. The van der Waals surface area contributed by atoms with E-state index in [0.717, 1.165) is 17.8 Å². The van der Waals surface area contributed by atoms with Gasteiger partial charge in [0.1, 0.15) is 0 Å². The van der Waals surface area contributed by atoms with Gasteiger partial charge in [0.2, 0.25) is 0 Å². The van der Waals surface area contributed by atoms with Gasteiger partial charge in [0.15, 0.2) is 0 Å². The fourth-order valence-electron chi connectivity index (χ4n) is 3.30. The van der Waals surface area contributed by atoms with Gasteiger partial charge in [-0.2, -0.15) is 10.2 Å². The van der Waals surface area contributed by atoms with Crippen molar-refractivity contribution in [2.45, 2.75) is 39.0 Å². The fourth-order valence-corrected chi connectivity index (χ4v) is 3.30. The normalized spacial score (nSPS) is 12.4. The summed E-state index contributed by atoms with van der Waals surface area (Å²) in [5.74, 6) is 0.851. The van der Waals surface area contributed by atoms with Crippen LogP contribution in [0.5, 0.6) is 0 Å². The third-order valence-electron chi connectivity index (χ3n) is 5.09. The molecule has 5 nitrogen and oxygen atoms in total. The van der Waals surface area contributed by atoms with Gasteiger partial charge in [-0.15, -0.1) is 0 Å². The van der Waals surface area contributed by atoms with Gasteiger partial charge < -0.3 is 0 Å². The van der Waals surface area contributed by atoms with E-state index >= 15 is 0 Å². The molecule has 4 aromatic rings. The van der Waals surface area contributed by atoms with E-state index in [-0.39, 0.29) is 0 Å². The van der Waals surface area contributed by atoms with Crippen LogP contribution in [-0.4, -0.2) is 24.5 Å². The predicted octanol–water partition coefficient (Wildman–Crippen LogP) is 4.92. The highest BCUT2D eigenvalue weighted by Gasteiger charge is 2.11. The van der Waals surface area contributed by atoms with E-state index in [1.54, 1.807) is 12.4 Å². The van der Waals surface area contributed by atoms with Crippen LogP contribution in [0, 0.1) is 0 Å². The molecule has 1 unspecified atom stereocenters. The van der Waals surface area contributed by atoms with Crippen LogP contribution < -0.4 is 0 Å². The summed E-state index contributed by atoms with van der Waals surface area (Å²) in [7, 11) is 0. The van der Waals surface area contributed by atoms with E-state index in [2.05, 4.69) is 72.6 Å². The highest BCUT2D eigenvalue weighted by Crippen LogP contribution is 2.23. The van der Waals surface area contributed by atoms with Gasteiger partial charge in [-0.1, -0.05) is 32.9 Å². The second kappa shape index (κ2) is 7.80. The predicted molar refractivity (Wildman–Crippen MR) is 111 cm³/mol. The van der Waals surface area contributed by atoms with Crippen LogP contribution in [0.15, 0.2) is 73.6 Å². The molecular weight excluding hydrogens is 346 g/mol. The first-order valence-electron chi connectivity index (χ1n) is 9.69. The zero-order valence-corrected chi connectivity index (χ0v) is 16.5. The molecule has 0 fully saturated rings. The Labute approximate surface area is 165 Å². The van der Waals surface area contributed by atoms with Crippen molar-refractivity contribution in [3.05, 3.63) is 90.3 Å². The van der Waals surface area contributed by atoms with Gasteiger partial charge >= 0.3 is 0 Å². The topological polar surface area (TPSA) is 48.5 Å². The molecule has 0 saturated heterocycles. The molecule has 0 aliphatic heterocycles. The molecule has 0 bridgehead atoms. The lowest BCUT2D eigenvalue weighted by atomic mass is 9.96. The summed E-state index contributed by atoms with van der Waals surface area (Å²) in [4.78, 5) is 4.06. The SMILES string of the molecule is CC(C)c1cnn(-c2cccc(CC(C)c3cnn(-c4ccncc4)c3)c2)c1. The quantitative estimate of drug-likeness (QED) is 0.483. The van der Waals surface area contributed by atoms with E-state index in [9.17, 15) is 0 Å². The van der Waals surface area contributed by atoms with Gasteiger partial charge in [-0.3, -0.25) is 4.98 Å². The highest BCUT2D eigenvalue weighted by molar-refractivity contribution is 5.37. The van der Waals surface area contributed by atoms with E-state index in [4.69, 9.17) is 0 Å². The average Bonchev–Trinajstić information content (AvgIpc) is 3.39. The molecule has 1 atom stereocenters. The van der Waals surface area contributed by atoms with Crippen molar-refractivity contribution in [2.75, 3.05) is 0 Å². The van der Waals surface area contributed by atoms with Gasteiger partial charge in [0.25, 0.3) is 0 Å². The van der Waals surface area contributed by atoms with Crippen molar-refractivity contribution < 1.29 is 0 Å². The van der Waals surface area contributed by atoms with E-state index in [0.29, 0.717) is 11.8 Å². The molecule has 0 aliphatic rings. The van der Waals surface area contributed by atoms with Crippen molar-refractivity contribution in [2.24, 2.45) is 0 Å². The van der Waals surface area contributed by atoms with Crippen LogP contribution in [0.4, 0.5) is 0 Å². The maximum Gasteiger partial charge on any atom is 0.0676 e. The molecule has 3 heterocycles. The summed E-state index contributed by atoms with van der Waals surface area (Å²) in [6.07, 6.45) is 12.6. The Kier molecular flexibility index (Phi) is 5.06. The lowest BCUT2D eigenvalue weighted by molar-refractivity contribution is 0.756. The number of rotatable bonds is 6. The standard InChI is InChI=1S/C23H25N5/c1-17(2)20-13-25-28(15-20)23-6-4-5-19(12-23)11-18(3)21-14-26-27(16-21)22-7-9-24-10-8-22/h4-10,12-18H,11H2,1-3H3. The molecule has 0 amide bonds. The summed E-state index contributed by atoms with van der Waals surface area (Å²) in [5, 5.41) is 9.03. The molecule has 142 valence electrons. The lowest BCUT2D eigenvalue weighted by Gasteiger charge is -2.11. The zero-order chi connectivity index (χ0) is 19.5. The number of benzene rings is 1. The molecule has 0 spiro atoms. The van der Waals surface area contributed by atoms with Crippen molar-refractivity contribution in [1.29, 1.82) is 0 Å². The molecule has 1 aromatic carbocycles. The van der Waals surface area contributed by atoms with Crippen LogP contribution in [0.1, 0.15) is 49.3 Å². The second-order valence-corrected chi connectivity index (χ2v) is 7.57. The molecule has 0 N–H and O–H groups in total. The summed E-state index contributed by atoms with van der Waals surface area (Å²) in [6.45, 7) is 6.61. The Morgan fingerprint density at radius 1 is 0.821 bits per heavy atom. The number of hydrogen-bond donors (Lipinski definition) is 0. The number of aromatic nitrogens is 5. The minimum atomic E-state index is 0.370.